The minimum Gasteiger partial charge on any atom is -0.312 e. The summed E-state index contributed by atoms with van der Waals surface area (Å²) in [6.07, 6.45) is 9.24. The molecule has 2 rings (SSSR count). The minimum atomic E-state index is 0.345. The van der Waals surface area contributed by atoms with E-state index in [1.165, 1.54) is 49.8 Å². The second-order valence-corrected chi connectivity index (χ2v) is 7.38. The molecule has 0 aliphatic heterocycles. The molecule has 1 fully saturated rings. The van der Waals surface area contributed by atoms with Crippen LogP contribution in [0.5, 0.6) is 0 Å². The van der Waals surface area contributed by atoms with Crippen LogP contribution in [0.15, 0.2) is 17.5 Å². The summed E-state index contributed by atoms with van der Waals surface area (Å²) in [7, 11) is 4.56. The second-order valence-electron chi connectivity index (χ2n) is 6.35. The van der Waals surface area contributed by atoms with E-state index < -0.39 is 0 Å². The SMILES string of the molecule is CCCNC(Cc1cccs1)C1(N(C)C)CCCCC1. The molecule has 0 saturated heterocycles. The van der Waals surface area contributed by atoms with Gasteiger partial charge in [0.25, 0.3) is 0 Å². The fraction of sp³-hybridized carbons (Fsp3) is 0.765. The molecule has 1 saturated carbocycles. The number of nitrogens with zero attached hydrogens (tertiary/aromatic N) is 1. The molecule has 20 heavy (non-hydrogen) atoms. The van der Waals surface area contributed by atoms with Gasteiger partial charge < -0.3 is 10.2 Å². The lowest BCUT2D eigenvalue weighted by molar-refractivity contribution is 0.0572. The second kappa shape index (κ2) is 7.58. The third-order valence-corrected chi connectivity index (χ3v) is 5.78. The van der Waals surface area contributed by atoms with Gasteiger partial charge in [-0.1, -0.05) is 32.3 Å². The fourth-order valence-electron chi connectivity index (χ4n) is 3.67. The molecule has 1 atom stereocenters. The Kier molecular flexibility index (Phi) is 6.06. The van der Waals surface area contributed by atoms with E-state index in [0.717, 1.165) is 6.54 Å². The predicted octanol–water partition coefficient (Wildman–Crippen LogP) is 3.92. The van der Waals surface area contributed by atoms with Gasteiger partial charge in [-0.2, -0.15) is 0 Å². The van der Waals surface area contributed by atoms with Gasteiger partial charge >= 0.3 is 0 Å². The molecule has 0 radical (unpaired) electrons. The number of nitrogens with one attached hydrogen (secondary N) is 1. The first-order valence-electron chi connectivity index (χ1n) is 8.12. The summed E-state index contributed by atoms with van der Waals surface area (Å²) in [4.78, 5) is 4.03. The van der Waals surface area contributed by atoms with Crippen molar-refractivity contribution in [1.82, 2.24) is 10.2 Å². The molecule has 0 amide bonds. The Hall–Kier alpha value is -0.380. The maximum atomic E-state index is 3.86. The molecular formula is C17H30N2S. The standard InChI is InChI=1S/C17H30N2S/c1-4-12-18-16(14-15-9-8-13-20-15)17(19(2)3)10-6-5-7-11-17/h8-9,13,16,18H,4-7,10-12,14H2,1-3H3. The minimum absolute atomic E-state index is 0.345. The third kappa shape index (κ3) is 3.63. The van der Waals surface area contributed by atoms with E-state index in [4.69, 9.17) is 0 Å². The zero-order chi connectivity index (χ0) is 14.4. The largest absolute Gasteiger partial charge is 0.312 e. The molecule has 1 aliphatic carbocycles. The Morgan fingerprint density at radius 2 is 2.05 bits per heavy atom. The van der Waals surface area contributed by atoms with Gasteiger partial charge in [0, 0.05) is 16.5 Å². The zero-order valence-electron chi connectivity index (χ0n) is 13.3. The van der Waals surface area contributed by atoms with E-state index in [-0.39, 0.29) is 0 Å². The lowest BCUT2D eigenvalue weighted by atomic mass is 9.74. The third-order valence-electron chi connectivity index (χ3n) is 4.88. The summed E-state index contributed by atoms with van der Waals surface area (Å²) >= 11 is 1.90. The van der Waals surface area contributed by atoms with Gasteiger partial charge in [-0.3, -0.25) is 0 Å². The monoisotopic (exact) mass is 294 g/mol. The smallest absolute Gasteiger partial charge is 0.0359 e. The average molecular weight is 295 g/mol. The highest BCUT2D eigenvalue weighted by Gasteiger charge is 2.41. The van der Waals surface area contributed by atoms with E-state index >= 15 is 0 Å². The molecular weight excluding hydrogens is 264 g/mol. The van der Waals surface area contributed by atoms with Crippen LogP contribution in [0, 0.1) is 0 Å². The summed E-state index contributed by atoms with van der Waals surface area (Å²) in [6.45, 7) is 3.39. The quantitative estimate of drug-likeness (QED) is 0.820. The van der Waals surface area contributed by atoms with E-state index in [1.54, 1.807) is 0 Å². The Morgan fingerprint density at radius 1 is 1.30 bits per heavy atom. The highest BCUT2D eigenvalue weighted by molar-refractivity contribution is 7.09. The van der Waals surface area contributed by atoms with Gasteiger partial charge in [0.1, 0.15) is 0 Å². The lowest BCUT2D eigenvalue weighted by Gasteiger charge is -2.49. The Bertz CT molecular complexity index is 366. The van der Waals surface area contributed by atoms with Crippen LogP contribution in [-0.2, 0) is 6.42 Å². The van der Waals surface area contributed by atoms with Gasteiger partial charge in [0.15, 0.2) is 0 Å². The van der Waals surface area contributed by atoms with Crippen molar-refractivity contribution in [3.8, 4) is 0 Å². The van der Waals surface area contributed by atoms with Crippen LogP contribution in [0.2, 0.25) is 0 Å². The van der Waals surface area contributed by atoms with Crippen LogP contribution in [-0.4, -0.2) is 37.1 Å². The number of rotatable bonds is 7. The van der Waals surface area contributed by atoms with Crippen molar-refractivity contribution in [2.45, 2.75) is 63.5 Å². The number of hydrogen-bond acceptors (Lipinski definition) is 3. The molecule has 3 heteroatoms. The normalized spacial score (nSPS) is 20.2. The van der Waals surface area contributed by atoms with Crippen molar-refractivity contribution < 1.29 is 0 Å². The van der Waals surface area contributed by atoms with Gasteiger partial charge in [-0.05, 0) is 57.8 Å². The summed E-state index contributed by atoms with van der Waals surface area (Å²) < 4.78 is 0. The van der Waals surface area contributed by atoms with Crippen LogP contribution in [0.4, 0.5) is 0 Å². The summed E-state index contributed by atoms with van der Waals surface area (Å²) in [5, 5.41) is 6.07. The van der Waals surface area contributed by atoms with Crippen LogP contribution >= 0.6 is 11.3 Å². The molecule has 1 unspecified atom stereocenters. The first-order valence-corrected chi connectivity index (χ1v) is 9.00. The van der Waals surface area contributed by atoms with E-state index in [9.17, 15) is 0 Å². The van der Waals surface area contributed by atoms with Gasteiger partial charge in [0.05, 0.1) is 0 Å². The van der Waals surface area contributed by atoms with Crippen molar-refractivity contribution in [2.75, 3.05) is 20.6 Å². The molecule has 114 valence electrons. The lowest BCUT2D eigenvalue weighted by Crippen LogP contribution is -2.60. The zero-order valence-corrected chi connectivity index (χ0v) is 14.1. The van der Waals surface area contributed by atoms with Gasteiger partial charge in [-0.15, -0.1) is 11.3 Å². The fourth-order valence-corrected chi connectivity index (χ4v) is 4.42. The highest BCUT2D eigenvalue weighted by Crippen LogP contribution is 2.36. The predicted molar refractivity (Wildman–Crippen MR) is 89.6 cm³/mol. The molecule has 1 heterocycles. The topological polar surface area (TPSA) is 15.3 Å². The maximum Gasteiger partial charge on any atom is 0.0359 e. The van der Waals surface area contributed by atoms with Crippen molar-refractivity contribution in [2.24, 2.45) is 0 Å². The van der Waals surface area contributed by atoms with Crippen molar-refractivity contribution in [1.29, 1.82) is 0 Å². The summed E-state index contributed by atoms with van der Waals surface area (Å²) in [5.74, 6) is 0. The van der Waals surface area contributed by atoms with Crippen LogP contribution in [0.1, 0.15) is 50.3 Å². The maximum absolute atomic E-state index is 3.86. The highest BCUT2D eigenvalue weighted by atomic mass is 32.1. The van der Waals surface area contributed by atoms with Crippen LogP contribution in [0.3, 0.4) is 0 Å². The van der Waals surface area contributed by atoms with Gasteiger partial charge in [-0.25, -0.2) is 0 Å². The molecule has 0 bridgehead atoms. The van der Waals surface area contributed by atoms with E-state index in [0.29, 0.717) is 11.6 Å². The average Bonchev–Trinajstić information content (AvgIpc) is 2.97. The van der Waals surface area contributed by atoms with Crippen molar-refractivity contribution in [3.63, 3.8) is 0 Å². The van der Waals surface area contributed by atoms with Crippen LogP contribution < -0.4 is 5.32 Å². The first-order chi connectivity index (χ1) is 9.69. The Morgan fingerprint density at radius 3 is 2.60 bits per heavy atom. The van der Waals surface area contributed by atoms with E-state index in [2.05, 4.69) is 48.7 Å². The van der Waals surface area contributed by atoms with Gasteiger partial charge in [0.2, 0.25) is 0 Å². The summed E-state index contributed by atoms with van der Waals surface area (Å²) in [6, 6.07) is 5.05. The van der Waals surface area contributed by atoms with E-state index in [1.807, 2.05) is 11.3 Å². The Balaban J connectivity index is 2.17. The first kappa shape index (κ1) is 16.0. The molecule has 0 aromatic carbocycles. The molecule has 0 spiro atoms. The molecule has 1 aliphatic rings. The molecule has 1 aromatic heterocycles. The van der Waals surface area contributed by atoms with Crippen molar-refractivity contribution >= 4 is 11.3 Å². The molecule has 1 N–H and O–H groups in total. The summed E-state index contributed by atoms with van der Waals surface area (Å²) in [5.41, 5.74) is 0.345. The number of hydrogen-bond donors (Lipinski definition) is 1. The number of likely N-dealkylation sites (N-methyl/N-ethyl adjacent to an activating group) is 1. The molecule has 2 nitrogen and oxygen atoms in total. The Labute approximate surface area is 128 Å². The van der Waals surface area contributed by atoms with Crippen molar-refractivity contribution in [3.05, 3.63) is 22.4 Å². The van der Waals surface area contributed by atoms with Crippen LogP contribution in [0.25, 0.3) is 0 Å². The molecule has 1 aromatic rings. The number of thiophene rings is 1.